The van der Waals surface area contributed by atoms with E-state index < -0.39 is 22.5 Å². The molecule has 0 bridgehead atoms. The first-order chi connectivity index (χ1) is 14.8. The number of carboxylic acids is 1. The number of carbonyl (C=O) groups is 1. The second kappa shape index (κ2) is 8.18. The highest BCUT2D eigenvalue weighted by Crippen LogP contribution is 2.31. The number of hydrogen-bond acceptors (Lipinski definition) is 5. The topological polar surface area (TPSA) is 105 Å². The maximum absolute atomic E-state index is 13.3. The van der Waals surface area contributed by atoms with Crippen LogP contribution in [0.5, 0.6) is 0 Å². The predicted octanol–water partition coefficient (Wildman–Crippen LogP) is 4.01. The third kappa shape index (κ3) is 4.20. The van der Waals surface area contributed by atoms with Crippen LogP contribution in [0.25, 0.3) is 16.7 Å². The van der Waals surface area contributed by atoms with Gasteiger partial charge in [0.2, 0.25) is 0 Å². The van der Waals surface area contributed by atoms with Gasteiger partial charge < -0.3 is 5.11 Å². The Bertz CT molecular complexity index is 1370. The van der Waals surface area contributed by atoms with Gasteiger partial charge in [-0.25, -0.2) is 13.4 Å². The van der Waals surface area contributed by atoms with E-state index in [9.17, 15) is 18.3 Å². The Hall–Kier alpha value is -3.14. The van der Waals surface area contributed by atoms with Gasteiger partial charge in [0, 0.05) is 34.0 Å². The summed E-state index contributed by atoms with van der Waals surface area (Å²) in [5.41, 5.74) is 0.936. The summed E-state index contributed by atoms with van der Waals surface area (Å²) in [7, 11) is -4.25. The molecule has 1 N–H and O–H groups in total. The SMILES string of the molecule is O=C(O)CN(c1ccc2c(ccn2-c2cnccn2)c1)S(=O)(=O)c1cc(Cl)cc(Cl)c1. The Morgan fingerprint density at radius 2 is 1.81 bits per heavy atom. The summed E-state index contributed by atoms with van der Waals surface area (Å²) in [6, 6.07) is 10.4. The van der Waals surface area contributed by atoms with E-state index >= 15 is 0 Å². The van der Waals surface area contributed by atoms with Gasteiger partial charge in [-0.3, -0.25) is 18.7 Å². The number of aliphatic carboxylic acids is 1. The number of nitrogens with zero attached hydrogens (tertiary/aromatic N) is 4. The van der Waals surface area contributed by atoms with Crippen molar-refractivity contribution in [2.24, 2.45) is 0 Å². The minimum Gasteiger partial charge on any atom is -0.480 e. The molecule has 0 unspecified atom stereocenters. The fraction of sp³-hybridized carbons (Fsp3) is 0.0500. The fourth-order valence-corrected chi connectivity index (χ4v) is 5.28. The van der Waals surface area contributed by atoms with Crippen molar-refractivity contribution in [3.05, 3.63) is 77.3 Å². The van der Waals surface area contributed by atoms with Crippen LogP contribution in [-0.4, -0.2) is 40.6 Å². The summed E-state index contributed by atoms with van der Waals surface area (Å²) < 4.78 is 29.1. The molecule has 0 aliphatic rings. The maximum atomic E-state index is 13.3. The molecule has 0 amide bonds. The van der Waals surface area contributed by atoms with Crippen molar-refractivity contribution in [1.82, 2.24) is 14.5 Å². The van der Waals surface area contributed by atoms with E-state index in [1.807, 2.05) is 0 Å². The molecule has 8 nitrogen and oxygen atoms in total. The normalized spacial score (nSPS) is 11.5. The van der Waals surface area contributed by atoms with E-state index in [2.05, 4.69) is 9.97 Å². The average molecular weight is 477 g/mol. The summed E-state index contributed by atoms with van der Waals surface area (Å²) in [6.45, 7) is -0.775. The van der Waals surface area contributed by atoms with Gasteiger partial charge in [-0.1, -0.05) is 23.2 Å². The van der Waals surface area contributed by atoms with E-state index in [0.717, 1.165) is 9.82 Å². The number of carboxylic acid groups (broad SMARTS) is 1. The fourth-order valence-electron chi connectivity index (χ4n) is 3.14. The van der Waals surface area contributed by atoms with Crippen LogP contribution in [0.4, 0.5) is 5.69 Å². The largest absolute Gasteiger partial charge is 0.480 e. The van der Waals surface area contributed by atoms with Crippen molar-refractivity contribution in [1.29, 1.82) is 0 Å². The van der Waals surface area contributed by atoms with E-state index in [-0.39, 0.29) is 20.6 Å². The minimum atomic E-state index is -4.25. The smallest absolute Gasteiger partial charge is 0.324 e. The molecule has 0 fully saturated rings. The number of aromatic nitrogens is 3. The molecule has 4 aromatic rings. The third-order valence-electron chi connectivity index (χ3n) is 4.46. The molecule has 0 radical (unpaired) electrons. The third-order valence-corrected chi connectivity index (χ3v) is 6.65. The Kier molecular flexibility index (Phi) is 5.57. The molecule has 2 aromatic heterocycles. The Labute approximate surface area is 187 Å². The van der Waals surface area contributed by atoms with Crippen LogP contribution < -0.4 is 4.31 Å². The number of benzene rings is 2. The van der Waals surface area contributed by atoms with E-state index in [1.54, 1.807) is 47.6 Å². The highest BCUT2D eigenvalue weighted by Gasteiger charge is 2.28. The van der Waals surface area contributed by atoms with Crippen molar-refractivity contribution in [3.63, 3.8) is 0 Å². The lowest BCUT2D eigenvalue weighted by Gasteiger charge is -2.23. The Morgan fingerprint density at radius 3 is 2.45 bits per heavy atom. The van der Waals surface area contributed by atoms with Crippen LogP contribution in [0.2, 0.25) is 10.0 Å². The van der Waals surface area contributed by atoms with Crippen LogP contribution in [0, 0.1) is 0 Å². The quantitative estimate of drug-likeness (QED) is 0.450. The Balaban J connectivity index is 1.82. The first kappa shape index (κ1) is 21.1. The number of rotatable bonds is 6. The van der Waals surface area contributed by atoms with Gasteiger partial charge >= 0.3 is 5.97 Å². The molecule has 4 rings (SSSR count). The number of halogens is 2. The molecule has 0 aliphatic carbocycles. The van der Waals surface area contributed by atoms with Crippen molar-refractivity contribution in [3.8, 4) is 5.82 Å². The van der Waals surface area contributed by atoms with Crippen molar-refractivity contribution in [2.75, 3.05) is 10.8 Å². The van der Waals surface area contributed by atoms with Gasteiger partial charge in [0.05, 0.1) is 22.3 Å². The van der Waals surface area contributed by atoms with E-state index in [4.69, 9.17) is 23.2 Å². The predicted molar refractivity (Wildman–Crippen MR) is 117 cm³/mol. The zero-order chi connectivity index (χ0) is 22.2. The maximum Gasteiger partial charge on any atom is 0.324 e. The molecule has 2 aromatic carbocycles. The van der Waals surface area contributed by atoms with Crippen LogP contribution in [-0.2, 0) is 14.8 Å². The summed E-state index contributed by atoms with van der Waals surface area (Å²) in [6.07, 6.45) is 6.49. The van der Waals surface area contributed by atoms with Gasteiger partial charge in [0.1, 0.15) is 6.54 Å². The standard InChI is InChI=1S/C20H14Cl2N4O4S/c21-14-8-15(22)10-17(9-14)31(29,30)26(12-20(27)28)16-1-2-18-13(7-16)3-6-25(18)19-11-23-4-5-24-19/h1-11H,12H2,(H,27,28). The van der Waals surface area contributed by atoms with Crippen LogP contribution in [0.1, 0.15) is 0 Å². The monoisotopic (exact) mass is 476 g/mol. The molecule has 31 heavy (non-hydrogen) atoms. The average Bonchev–Trinajstić information content (AvgIpc) is 3.15. The van der Waals surface area contributed by atoms with E-state index in [0.29, 0.717) is 11.2 Å². The second-order valence-corrected chi connectivity index (χ2v) is 9.24. The summed E-state index contributed by atoms with van der Waals surface area (Å²) in [4.78, 5) is 19.6. The van der Waals surface area contributed by atoms with E-state index in [1.165, 1.54) is 24.3 Å². The molecule has 0 saturated heterocycles. The first-order valence-electron chi connectivity index (χ1n) is 8.84. The molecule has 2 heterocycles. The molecule has 0 spiro atoms. The highest BCUT2D eigenvalue weighted by atomic mass is 35.5. The molecular formula is C20H14Cl2N4O4S. The van der Waals surface area contributed by atoms with Crippen LogP contribution in [0.15, 0.2) is 72.1 Å². The van der Waals surface area contributed by atoms with Gasteiger partial charge in [-0.15, -0.1) is 0 Å². The molecule has 11 heteroatoms. The molecular weight excluding hydrogens is 463 g/mol. The van der Waals surface area contributed by atoms with Gasteiger partial charge in [-0.05, 0) is 42.5 Å². The van der Waals surface area contributed by atoms with Gasteiger partial charge in [-0.2, -0.15) is 0 Å². The van der Waals surface area contributed by atoms with Crippen molar-refractivity contribution >= 4 is 55.8 Å². The minimum absolute atomic E-state index is 0.123. The van der Waals surface area contributed by atoms with Crippen molar-refractivity contribution in [2.45, 2.75) is 4.90 Å². The summed E-state index contributed by atoms with van der Waals surface area (Å²) >= 11 is 11.9. The van der Waals surface area contributed by atoms with Gasteiger partial charge in [0.15, 0.2) is 5.82 Å². The lowest BCUT2D eigenvalue weighted by atomic mass is 10.2. The van der Waals surface area contributed by atoms with Gasteiger partial charge in [0.25, 0.3) is 10.0 Å². The molecule has 0 saturated carbocycles. The lowest BCUT2D eigenvalue weighted by Crippen LogP contribution is -2.35. The lowest BCUT2D eigenvalue weighted by molar-refractivity contribution is -0.135. The number of sulfonamides is 1. The second-order valence-electron chi connectivity index (χ2n) is 6.50. The number of anilines is 1. The zero-order valence-electron chi connectivity index (χ0n) is 15.7. The zero-order valence-corrected chi connectivity index (χ0v) is 18.0. The van der Waals surface area contributed by atoms with Crippen molar-refractivity contribution < 1.29 is 18.3 Å². The molecule has 158 valence electrons. The summed E-state index contributed by atoms with van der Waals surface area (Å²) in [5.74, 6) is -0.720. The summed E-state index contributed by atoms with van der Waals surface area (Å²) in [5, 5.41) is 10.3. The molecule has 0 atom stereocenters. The molecule has 0 aliphatic heterocycles. The Morgan fingerprint density at radius 1 is 1.06 bits per heavy atom. The van der Waals surface area contributed by atoms with Crippen LogP contribution >= 0.6 is 23.2 Å². The van der Waals surface area contributed by atoms with Crippen LogP contribution in [0.3, 0.4) is 0 Å². The first-order valence-corrected chi connectivity index (χ1v) is 11.0. The number of hydrogen-bond donors (Lipinski definition) is 1. The highest BCUT2D eigenvalue weighted by molar-refractivity contribution is 7.92. The number of fused-ring (bicyclic) bond motifs is 1.